The van der Waals surface area contributed by atoms with Crippen molar-refractivity contribution < 1.29 is 18.3 Å². The van der Waals surface area contributed by atoms with Crippen LogP contribution in [0.15, 0.2) is 35.5 Å². The van der Waals surface area contributed by atoms with E-state index in [1.54, 1.807) is 6.07 Å². The van der Waals surface area contributed by atoms with Gasteiger partial charge in [-0.15, -0.1) is 0 Å². The Hall–Kier alpha value is -2.22. The highest BCUT2D eigenvalue weighted by molar-refractivity contribution is 7.92. The van der Waals surface area contributed by atoms with Crippen molar-refractivity contribution in [2.75, 3.05) is 11.8 Å². The van der Waals surface area contributed by atoms with Gasteiger partial charge in [-0.1, -0.05) is 6.07 Å². The van der Waals surface area contributed by atoms with Gasteiger partial charge in [0.25, 0.3) is 10.0 Å². The van der Waals surface area contributed by atoms with Crippen LogP contribution < -0.4 is 9.46 Å². The minimum Gasteiger partial charge on any atom is -0.506 e. The molecule has 1 heterocycles. The zero-order valence-electron chi connectivity index (χ0n) is 9.41. The predicted molar refractivity (Wildman–Crippen MR) is 64.1 cm³/mol. The summed E-state index contributed by atoms with van der Waals surface area (Å²) in [5.41, 5.74) is -0.0128. The van der Waals surface area contributed by atoms with E-state index in [0.29, 0.717) is 0 Å². The molecule has 0 radical (unpaired) electrons. The van der Waals surface area contributed by atoms with Crippen molar-refractivity contribution in [3.05, 3.63) is 30.6 Å². The molecule has 3 N–H and O–H groups in total. The van der Waals surface area contributed by atoms with Gasteiger partial charge in [-0.25, -0.2) is 8.42 Å². The number of nitrogens with one attached hydrogen (secondary N) is 2. The van der Waals surface area contributed by atoms with E-state index >= 15 is 0 Å². The number of phenolic OH excluding ortho intramolecular Hbond substituents is 1. The molecule has 0 amide bonds. The second-order valence-electron chi connectivity index (χ2n) is 3.39. The molecule has 0 spiro atoms. The number of para-hydroxylation sites is 1. The second kappa shape index (κ2) is 4.57. The van der Waals surface area contributed by atoms with Crippen LogP contribution in [0.5, 0.6) is 11.5 Å². The monoisotopic (exact) mass is 269 g/mol. The first-order chi connectivity index (χ1) is 8.54. The lowest BCUT2D eigenvalue weighted by Gasteiger charge is -2.11. The quantitative estimate of drug-likeness (QED) is 0.716. The van der Waals surface area contributed by atoms with Gasteiger partial charge in [0.1, 0.15) is 22.1 Å². The minimum absolute atomic E-state index is 0.0128. The van der Waals surface area contributed by atoms with Gasteiger partial charge in [-0.3, -0.25) is 9.82 Å². The maximum absolute atomic E-state index is 11.9. The van der Waals surface area contributed by atoms with Crippen molar-refractivity contribution in [2.24, 2.45) is 0 Å². The Bertz CT molecular complexity index is 637. The van der Waals surface area contributed by atoms with E-state index in [1.807, 2.05) is 0 Å². The number of sulfonamides is 1. The Kier molecular flexibility index (Phi) is 3.11. The molecule has 0 aliphatic heterocycles. The Morgan fingerprint density at radius 3 is 2.83 bits per heavy atom. The van der Waals surface area contributed by atoms with Gasteiger partial charge in [0.2, 0.25) is 0 Å². The highest BCUT2D eigenvalue weighted by atomic mass is 32.2. The van der Waals surface area contributed by atoms with Crippen molar-refractivity contribution in [3.8, 4) is 11.5 Å². The molecule has 2 aromatic rings. The number of methoxy groups -OCH3 is 1. The highest BCUT2D eigenvalue weighted by Gasteiger charge is 2.19. The predicted octanol–water partition coefficient (Wildman–Crippen LogP) is 0.925. The Labute approximate surface area is 103 Å². The zero-order chi connectivity index (χ0) is 13.2. The number of aromatic hydroxyl groups is 1. The number of ether oxygens (including phenoxy) is 1. The van der Waals surface area contributed by atoms with E-state index < -0.39 is 10.0 Å². The number of nitrogens with zero attached hydrogens (tertiary/aromatic N) is 1. The van der Waals surface area contributed by atoms with Gasteiger partial charge in [0.05, 0.1) is 13.3 Å². The number of aromatic amines is 1. The van der Waals surface area contributed by atoms with Crippen LogP contribution in [0.3, 0.4) is 0 Å². The van der Waals surface area contributed by atoms with Crippen LogP contribution in [0.2, 0.25) is 0 Å². The fourth-order valence-corrected chi connectivity index (χ4v) is 2.36. The SMILES string of the molecule is COc1cccc(O)c1NS(=O)(=O)c1cn[nH]c1. The maximum atomic E-state index is 11.9. The molecule has 0 atom stereocenters. The third-order valence-corrected chi connectivity index (χ3v) is 3.56. The maximum Gasteiger partial charge on any atom is 0.265 e. The summed E-state index contributed by atoms with van der Waals surface area (Å²) in [6.45, 7) is 0. The van der Waals surface area contributed by atoms with E-state index in [0.717, 1.165) is 6.20 Å². The number of H-pyrrole nitrogens is 1. The highest BCUT2D eigenvalue weighted by Crippen LogP contribution is 2.34. The lowest BCUT2D eigenvalue weighted by atomic mass is 10.3. The average molecular weight is 269 g/mol. The third-order valence-electron chi connectivity index (χ3n) is 2.24. The molecule has 0 unspecified atom stereocenters. The summed E-state index contributed by atoms with van der Waals surface area (Å²) in [5, 5.41) is 15.6. The number of benzene rings is 1. The third kappa shape index (κ3) is 2.23. The number of hydrogen-bond donors (Lipinski definition) is 3. The lowest BCUT2D eigenvalue weighted by Crippen LogP contribution is -2.13. The smallest absolute Gasteiger partial charge is 0.265 e. The number of phenols is 1. The molecular formula is C10H11N3O4S. The summed E-state index contributed by atoms with van der Waals surface area (Å²) >= 11 is 0. The number of aromatic nitrogens is 2. The fraction of sp³-hybridized carbons (Fsp3) is 0.100. The molecule has 0 aliphatic rings. The largest absolute Gasteiger partial charge is 0.506 e. The topological polar surface area (TPSA) is 104 Å². The fourth-order valence-electron chi connectivity index (χ4n) is 1.37. The van der Waals surface area contributed by atoms with Gasteiger partial charge < -0.3 is 9.84 Å². The van der Waals surface area contributed by atoms with E-state index in [4.69, 9.17) is 4.74 Å². The molecule has 1 aromatic heterocycles. The van der Waals surface area contributed by atoms with Crippen LogP contribution in [0.4, 0.5) is 5.69 Å². The van der Waals surface area contributed by atoms with Crippen LogP contribution in [-0.2, 0) is 10.0 Å². The van der Waals surface area contributed by atoms with Crippen molar-refractivity contribution in [1.82, 2.24) is 10.2 Å². The summed E-state index contributed by atoms with van der Waals surface area (Å²) in [7, 11) is -2.43. The molecule has 0 aliphatic carbocycles. The number of rotatable bonds is 4. The first kappa shape index (κ1) is 12.2. The van der Waals surface area contributed by atoms with Crippen LogP contribution in [-0.4, -0.2) is 30.8 Å². The van der Waals surface area contributed by atoms with Gasteiger partial charge in [-0.2, -0.15) is 5.10 Å². The molecule has 0 bridgehead atoms. The molecule has 96 valence electrons. The summed E-state index contributed by atoms with van der Waals surface area (Å²) in [6.07, 6.45) is 2.39. The Morgan fingerprint density at radius 1 is 1.44 bits per heavy atom. The first-order valence-electron chi connectivity index (χ1n) is 4.92. The second-order valence-corrected chi connectivity index (χ2v) is 5.08. The average Bonchev–Trinajstić information content (AvgIpc) is 2.86. The summed E-state index contributed by atoms with van der Waals surface area (Å²) in [6, 6.07) is 4.44. The van der Waals surface area contributed by atoms with Crippen molar-refractivity contribution in [3.63, 3.8) is 0 Å². The van der Waals surface area contributed by atoms with Gasteiger partial charge in [0, 0.05) is 6.20 Å². The standard InChI is InChI=1S/C10H11N3O4S/c1-17-9-4-2-3-8(14)10(9)13-18(15,16)7-5-11-12-6-7/h2-6,13-14H,1H3,(H,11,12). The van der Waals surface area contributed by atoms with Crippen LogP contribution in [0, 0.1) is 0 Å². The van der Waals surface area contributed by atoms with Crippen molar-refractivity contribution >= 4 is 15.7 Å². The molecule has 2 rings (SSSR count). The number of hydrogen-bond acceptors (Lipinski definition) is 5. The van der Waals surface area contributed by atoms with E-state index in [1.165, 1.54) is 25.4 Å². The van der Waals surface area contributed by atoms with Gasteiger partial charge in [0.15, 0.2) is 0 Å². The van der Waals surface area contributed by atoms with Crippen LogP contribution in [0.25, 0.3) is 0 Å². The Morgan fingerprint density at radius 2 is 2.22 bits per heavy atom. The summed E-state index contributed by atoms with van der Waals surface area (Å²) < 4.78 is 31.1. The molecular weight excluding hydrogens is 258 g/mol. The summed E-state index contributed by atoms with van der Waals surface area (Å²) in [4.78, 5) is -0.0344. The molecule has 7 nitrogen and oxygen atoms in total. The number of anilines is 1. The zero-order valence-corrected chi connectivity index (χ0v) is 10.2. The first-order valence-corrected chi connectivity index (χ1v) is 6.40. The van der Waals surface area contributed by atoms with Crippen molar-refractivity contribution in [2.45, 2.75) is 4.90 Å². The summed E-state index contributed by atoms with van der Waals surface area (Å²) in [5.74, 6) is 0.00323. The molecule has 0 fully saturated rings. The minimum atomic E-state index is -3.81. The molecule has 0 saturated carbocycles. The van der Waals surface area contributed by atoms with E-state index in [2.05, 4.69) is 14.9 Å². The molecule has 1 aromatic carbocycles. The van der Waals surface area contributed by atoms with E-state index in [9.17, 15) is 13.5 Å². The molecule has 0 saturated heterocycles. The van der Waals surface area contributed by atoms with Crippen molar-refractivity contribution in [1.29, 1.82) is 0 Å². The molecule has 8 heteroatoms. The van der Waals surface area contributed by atoms with Crippen LogP contribution in [0.1, 0.15) is 0 Å². The normalized spacial score (nSPS) is 11.2. The Balaban J connectivity index is 2.41. The van der Waals surface area contributed by atoms with E-state index in [-0.39, 0.29) is 22.1 Å². The van der Waals surface area contributed by atoms with Crippen LogP contribution >= 0.6 is 0 Å². The molecule has 18 heavy (non-hydrogen) atoms. The van der Waals surface area contributed by atoms with Gasteiger partial charge in [-0.05, 0) is 12.1 Å². The van der Waals surface area contributed by atoms with Gasteiger partial charge >= 0.3 is 0 Å². The lowest BCUT2D eigenvalue weighted by molar-refractivity contribution is 0.411.